The summed E-state index contributed by atoms with van der Waals surface area (Å²) in [4.78, 5) is 11.2. The van der Waals surface area contributed by atoms with E-state index in [1.54, 1.807) is 6.92 Å². The molecule has 2 heteroatoms. The fraction of sp³-hybridized carbons (Fsp3) is 0.211. The Balaban J connectivity index is 2.51. The molecule has 0 aromatic heterocycles. The van der Waals surface area contributed by atoms with E-state index in [0.29, 0.717) is 5.57 Å². The SMILES string of the molecule is CC(=CC(c1ccc(C)cc1)c1cccc(C)c1)C(=O)O. The summed E-state index contributed by atoms with van der Waals surface area (Å²) in [5.41, 5.74) is 4.94. The number of allylic oxidation sites excluding steroid dienone is 1. The number of benzene rings is 2. The maximum Gasteiger partial charge on any atom is 0.330 e. The fourth-order valence-corrected chi connectivity index (χ4v) is 2.34. The molecule has 1 unspecified atom stereocenters. The number of rotatable bonds is 4. The summed E-state index contributed by atoms with van der Waals surface area (Å²) in [6.07, 6.45) is 1.82. The highest BCUT2D eigenvalue weighted by atomic mass is 16.4. The number of carboxylic acids is 1. The lowest BCUT2D eigenvalue weighted by molar-refractivity contribution is -0.132. The number of hydrogen-bond donors (Lipinski definition) is 1. The Hall–Kier alpha value is -2.35. The van der Waals surface area contributed by atoms with Gasteiger partial charge in [-0.15, -0.1) is 0 Å². The summed E-state index contributed by atoms with van der Waals surface area (Å²) in [6, 6.07) is 16.4. The number of aliphatic carboxylic acids is 1. The third-order valence-electron chi connectivity index (χ3n) is 3.59. The fourth-order valence-electron chi connectivity index (χ4n) is 2.34. The van der Waals surface area contributed by atoms with Gasteiger partial charge in [0.1, 0.15) is 0 Å². The molecule has 0 saturated heterocycles. The molecule has 2 nitrogen and oxygen atoms in total. The van der Waals surface area contributed by atoms with Gasteiger partial charge in [-0.1, -0.05) is 65.7 Å². The zero-order valence-corrected chi connectivity index (χ0v) is 12.6. The van der Waals surface area contributed by atoms with Crippen LogP contribution in [-0.2, 0) is 4.79 Å². The third-order valence-corrected chi connectivity index (χ3v) is 3.59. The van der Waals surface area contributed by atoms with Gasteiger partial charge in [0, 0.05) is 11.5 Å². The van der Waals surface area contributed by atoms with Crippen molar-refractivity contribution in [1.29, 1.82) is 0 Å². The number of hydrogen-bond acceptors (Lipinski definition) is 1. The molecular formula is C19H20O2. The highest BCUT2D eigenvalue weighted by molar-refractivity contribution is 5.86. The van der Waals surface area contributed by atoms with Gasteiger partial charge in [0.15, 0.2) is 0 Å². The van der Waals surface area contributed by atoms with E-state index in [1.165, 1.54) is 11.1 Å². The Kier molecular flexibility index (Phi) is 4.59. The van der Waals surface area contributed by atoms with E-state index in [1.807, 2.05) is 38.1 Å². The standard InChI is InChI=1S/C19H20O2/c1-13-7-9-16(10-8-13)18(12-15(3)19(20)21)17-6-4-5-14(2)11-17/h4-12,18H,1-3H3,(H,20,21). The maximum absolute atomic E-state index is 11.2. The van der Waals surface area contributed by atoms with Crippen LogP contribution in [0, 0.1) is 13.8 Å². The lowest BCUT2D eigenvalue weighted by atomic mass is 9.88. The molecule has 0 fully saturated rings. The van der Waals surface area contributed by atoms with E-state index in [4.69, 9.17) is 5.11 Å². The van der Waals surface area contributed by atoms with Crippen molar-refractivity contribution in [3.63, 3.8) is 0 Å². The van der Waals surface area contributed by atoms with Crippen LogP contribution in [0.15, 0.2) is 60.2 Å². The van der Waals surface area contributed by atoms with Crippen molar-refractivity contribution in [1.82, 2.24) is 0 Å². The zero-order valence-electron chi connectivity index (χ0n) is 12.6. The van der Waals surface area contributed by atoms with E-state index in [9.17, 15) is 4.79 Å². The lowest BCUT2D eigenvalue weighted by Crippen LogP contribution is -2.03. The van der Waals surface area contributed by atoms with Crippen molar-refractivity contribution < 1.29 is 9.90 Å². The molecule has 0 saturated carbocycles. The second kappa shape index (κ2) is 6.40. The first kappa shape index (κ1) is 15.0. The largest absolute Gasteiger partial charge is 0.478 e. The van der Waals surface area contributed by atoms with Gasteiger partial charge in [-0.2, -0.15) is 0 Å². The average Bonchev–Trinajstić information content (AvgIpc) is 2.45. The first-order valence-electron chi connectivity index (χ1n) is 7.02. The summed E-state index contributed by atoms with van der Waals surface area (Å²) in [6.45, 7) is 5.73. The maximum atomic E-state index is 11.2. The van der Waals surface area contributed by atoms with Crippen LogP contribution in [0.3, 0.4) is 0 Å². The van der Waals surface area contributed by atoms with E-state index in [0.717, 1.165) is 11.1 Å². The van der Waals surface area contributed by atoms with Crippen LogP contribution in [0.4, 0.5) is 0 Å². The number of aryl methyl sites for hydroxylation is 2. The minimum Gasteiger partial charge on any atom is -0.478 e. The van der Waals surface area contributed by atoms with Gasteiger partial charge in [-0.25, -0.2) is 4.79 Å². The van der Waals surface area contributed by atoms with Gasteiger partial charge in [-0.3, -0.25) is 0 Å². The van der Waals surface area contributed by atoms with Gasteiger partial charge < -0.3 is 5.11 Å². The second-order valence-corrected chi connectivity index (χ2v) is 5.46. The molecule has 0 radical (unpaired) electrons. The molecule has 1 atom stereocenters. The molecule has 0 aliphatic heterocycles. The molecule has 21 heavy (non-hydrogen) atoms. The molecule has 0 bridgehead atoms. The van der Waals surface area contributed by atoms with Crippen LogP contribution in [0.25, 0.3) is 0 Å². The quantitative estimate of drug-likeness (QED) is 0.839. The minimum absolute atomic E-state index is 0.0402. The monoisotopic (exact) mass is 280 g/mol. The molecule has 108 valence electrons. The van der Waals surface area contributed by atoms with Crippen molar-refractivity contribution in [2.45, 2.75) is 26.7 Å². The van der Waals surface area contributed by atoms with Crippen LogP contribution < -0.4 is 0 Å². The predicted octanol–water partition coefficient (Wildman–Crippen LogP) is 4.47. The predicted molar refractivity (Wildman–Crippen MR) is 85.6 cm³/mol. The van der Waals surface area contributed by atoms with E-state index < -0.39 is 5.97 Å². The molecule has 0 heterocycles. The van der Waals surface area contributed by atoms with Crippen LogP contribution >= 0.6 is 0 Å². The van der Waals surface area contributed by atoms with E-state index in [2.05, 4.69) is 30.3 Å². The Morgan fingerprint density at radius 1 is 1.00 bits per heavy atom. The Morgan fingerprint density at radius 3 is 2.24 bits per heavy atom. The van der Waals surface area contributed by atoms with E-state index >= 15 is 0 Å². The Bertz CT molecular complexity index is 666. The highest BCUT2D eigenvalue weighted by Crippen LogP contribution is 2.28. The van der Waals surface area contributed by atoms with Crippen molar-refractivity contribution in [3.8, 4) is 0 Å². The molecule has 2 aromatic carbocycles. The first-order chi connectivity index (χ1) is 9.97. The van der Waals surface area contributed by atoms with Crippen LogP contribution in [0.1, 0.15) is 35.1 Å². The molecule has 0 amide bonds. The second-order valence-electron chi connectivity index (χ2n) is 5.46. The number of carbonyl (C=O) groups is 1. The smallest absolute Gasteiger partial charge is 0.330 e. The van der Waals surface area contributed by atoms with Crippen LogP contribution in [0.5, 0.6) is 0 Å². The highest BCUT2D eigenvalue weighted by Gasteiger charge is 2.14. The van der Waals surface area contributed by atoms with Crippen molar-refractivity contribution in [3.05, 3.63) is 82.4 Å². The summed E-state index contributed by atoms with van der Waals surface area (Å²) < 4.78 is 0. The molecule has 1 N–H and O–H groups in total. The summed E-state index contributed by atoms with van der Waals surface area (Å²) >= 11 is 0. The van der Waals surface area contributed by atoms with Gasteiger partial charge in [0.25, 0.3) is 0 Å². The van der Waals surface area contributed by atoms with Crippen LogP contribution in [0.2, 0.25) is 0 Å². The summed E-state index contributed by atoms with van der Waals surface area (Å²) in [5, 5.41) is 9.16. The third kappa shape index (κ3) is 3.82. The zero-order chi connectivity index (χ0) is 15.4. The molecule has 0 aliphatic carbocycles. The lowest BCUT2D eigenvalue weighted by Gasteiger charge is -2.16. The molecule has 0 aliphatic rings. The average molecular weight is 280 g/mol. The molecule has 0 spiro atoms. The van der Waals surface area contributed by atoms with Crippen LogP contribution in [-0.4, -0.2) is 11.1 Å². The van der Waals surface area contributed by atoms with Gasteiger partial charge >= 0.3 is 5.97 Å². The first-order valence-corrected chi connectivity index (χ1v) is 7.02. The van der Waals surface area contributed by atoms with E-state index in [-0.39, 0.29) is 5.92 Å². The minimum atomic E-state index is -0.875. The van der Waals surface area contributed by atoms with Crippen molar-refractivity contribution >= 4 is 5.97 Å². The molecule has 2 rings (SSSR count). The summed E-state index contributed by atoms with van der Waals surface area (Å²) in [5.74, 6) is -0.915. The summed E-state index contributed by atoms with van der Waals surface area (Å²) in [7, 11) is 0. The normalized spacial score (nSPS) is 13.0. The van der Waals surface area contributed by atoms with Gasteiger partial charge in [0.2, 0.25) is 0 Å². The van der Waals surface area contributed by atoms with Gasteiger partial charge in [-0.05, 0) is 31.9 Å². The topological polar surface area (TPSA) is 37.3 Å². The molecular weight excluding hydrogens is 260 g/mol. The molecule has 2 aromatic rings. The Morgan fingerprint density at radius 2 is 1.67 bits per heavy atom. The van der Waals surface area contributed by atoms with Crippen molar-refractivity contribution in [2.24, 2.45) is 0 Å². The van der Waals surface area contributed by atoms with Gasteiger partial charge in [0.05, 0.1) is 0 Å². The number of carboxylic acid groups (broad SMARTS) is 1. The Labute approximate surface area is 125 Å². The van der Waals surface area contributed by atoms with Crippen molar-refractivity contribution in [2.75, 3.05) is 0 Å².